The first-order valence-electron chi connectivity index (χ1n) is 8.25. The number of amides is 1. The van der Waals surface area contributed by atoms with Crippen molar-refractivity contribution in [2.24, 2.45) is 0 Å². The number of carbonyl (C=O) groups is 1. The van der Waals surface area contributed by atoms with Crippen LogP contribution in [0.3, 0.4) is 0 Å². The Balaban J connectivity index is 1.96. The fourth-order valence-corrected chi connectivity index (χ4v) is 3.05. The number of hydrogen-bond donors (Lipinski definition) is 1. The van der Waals surface area contributed by atoms with Gasteiger partial charge in [0, 0.05) is 32.2 Å². The van der Waals surface area contributed by atoms with Gasteiger partial charge in [0.15, 0.2) is 0 Å². The molecule has 1 amide bonds. The van der Waals surface area contributed by atoms with E-state index in [-0.39, 0.29) is 23.0 Å². The monoisotopic (exact) mass is 335 g/mol. The molecule has 0 radical (unpaired) electrons. The number of anilines is 1. The summed E-state index contributed by atoms with van der Waals surface area (Å²) in [6.45, 7) is 1.29. The van der Waals surface area contributed by atoms with Crippen LogP contribution in [0.2, 0.25) is 0 Å². The molecule has 1 aromatic rings. The Morgan fingerprint density at radius 1 is 1.33 bits per heavy atom. The molecule has 0 aromatic carbocycles. The summed E-state index contributed by atoms with van der Waals surface area (Å²) in [5.41, 5.74) is 5.55. The van der Waals surface area contributed by atoms with Gasteiger partial charge in [-0.15, -0.1) is 0 Å². The Morgan fingerprint density at radius 3 is 2.62 bits per heavy atom. The molecule has 0 atom stereocenters. The van der Waals surface area contributed by atoms with Crippen LogP contribution in [-0.4, -0.2) is 58.8 Å². The molecule has 1 aliphatic carbocycles. The quantitative estimate of drug-likeness (QED) is 0.629. The number of rotatable bonds is 6. The van der Waals surface area contributed by atoms with E-state index < -0.39 is 4.92 Å². The first kappa shape index (κ1) is 18.1. The molecule has 24 heavy (non-hydrogen) atoms. The minimum Gasteiger partial charge on any atom is -0.383 e. The molecule has 132 valence electrons. The van der Waals surface area contributed by atoms with Gasteiger partial charge in [-0.05, 0) is 19.9 Å². The number of aromatic nitrogens is 1. The van der Waals surface area contributed by atoms with Crippen molar-refractivity contribution >= 4 is 17.4 Å². The maximum atomic E-state index is 12.5. The van der Waals surface area contributed by atoms with E-state index in [1.165, 1.54) is 43.1 Å². The van der Waals surface area contributed by atoms with Gasteiger partial charge < -0.3 is 15.5 Å². The number of pyridine rings is 1. The van der Waals surface area contributed by atoms with Gasteiger partial charge >= 0.3 is 0 Å². The van der Waals surface area contributed by atoms with Gasteiger partial charge in [0.25, 0.3) is 11.6 Å². The van der Waals surface area contributed by atoms with Crippen LogP contribution in [0.1, 0.15) is 42.5 Å². The molecule has 0 aliphatic heterocycles. The topological polar surface area (TPSA) is 106 Å². The van der Waals surface area contributed by atoms with E-state index in [9.17, 15) is 14.9 Å². The third-order valence-electron chi connectivity index (χ3n) is 4.68. The second kappa shape index (κ2) is 8.05. The van der Waals surface area contributed by atoms with E-state index in [0.717, 1.165) is 12.7 Å². The normalized spacial score (nSPS) is 15.5. The van der Waals surface area contributed by atoms with Gasteiger partial charge in [0.05, 0.1) is 10.5 Å². The molecule has 0 spiro atoms. The molecular formula is C16H25N5O3. The highest BCUT2D eigenvalue weighted by molar-refractivity contribution is 5.98. The van der Waals surface area contributed by atoms with Crippen molar-refractivity contribution < 1.29 is 9.72 Å². The van der Waals surface area contributed by atoms with Crippen LogP contribution in [0.25, 0.3) is 0 Å². The molecule has 1 aromatic heterocycles. The lowest BCUT2D eigenvalue weighted by molar-refractivity contribution is -0.385. The van der Waals surface area contributed by atoms with Crippen molar-refractivity contribution in [1.82, 2.24) is 14.8 Å². The van der Waals surface area contributed by atoms with E-state index in [0.29, 0.717) is 12.6 Å². The number of likely N-dealkylation sites (N-methyl/N-ethyl adjacent to an activating group) is 2. The molecule has 1 saturated carbocycles. The molecular weight excluding hydrogens is 310 g/mol. The molecule has 1 fully saturated rings. The van der Waals surface area contributed by atoms with Crippen molar-refractivity contribution in [1.29, 1.82) is 0 Å². The summed E-state index contributed by atoms with van der Waals surface area (Å²) in [5, 5.41) is 10.8. The number of nitrogens with zero attached hydrogens (tertiary/aromatic N) is 4. The number of nitrogens with two attached hydrogens (primary N) is 1. The Labute approximate surface area is 141 Å². The molecule has 2 rings (SSSR count). The fraction of sp³-hybridized carbons (Fsp3) is 0.625. The summed E-state index contributed by atoms with van der Waals surface area (Å²) < 4.78 is 0. The molecule has 8 heteroatoms. The molecule has 1 aliphatic rings. The lowest BCUT2D eigenvalue weighted by Crippen LogP contribution is -2.40. The summed E-state index contributed by atoms with van der Waals surface area (Å²) in [7, 11) is 3.76. The Kier molecular flexibility index (Phi) is 6.08. The van der Waals surface area contributed by atoms with Crippen LogP contribution in [0, 0.1) is 10.1 Å². The summed E-state index contributed by atoms with van der Waals surface area (Å²) in [6.07, 6.45) is 7.30. The van der Waals surface area contributed by atoms with E-state index >= 15 is 0 Å². The van der Waals surface area contributed by atoms with Crippen LogP contribution in [0.4, 0.5) is 11.5 Å². The summed E-state index contributed by atoms with van der Waals surface area (Å²) in [6, 6.07) is 1.76. The average molecular weight is 335 g/mol. The third kappa shape index (κ3) is 4.41. The van der Waals surface area contributed by atoms with Crippen molar-refractivity contribution in [3.05, 3.63) is 27.9 Å². The fourth-order valence-electron chi connectivity index (χ4n) is 3.05. The lowest BCUT2D eigenvalue weighted by Gasteiger charge is -2.32. The highest BCUT2D eigenvalue weighted by Gasteiger charge is 2.22. The van der Waals surface area contributed by atoms with Crippen LogP contribution in [0.15, 0.2) is 12.3 Å². The zero-order chi connectivity index (χ0) is 17.7. The highest BCUT2D eigenvalue weighted by atomic mass is 16.6. The second-order valence-corrected chi connectivity index (χ2v) is 6.38. The molecule has 0 saturated heterocycles. The first-order valence-corrected chi connectivity index (χ1v) is 8.25. The van der Waals surface area contributed by atoms with Crippen molar-refractivity contribution in [3.63, 3.8) is 0 Å². The van der Waals surface area contributed by atoms with E-state index in [1.54, 1.807) is 7.05 Å². The standard InChI is InChI=1S/C16H25N5O3/c1-19(12-6-4-3-5-7-12)8-9-20(2)16(22)14-10-13(21(23)24)11-18-15(14)17/h10-12H,3-9H2,1-2H3,(H2,17,18). The van der Waals surface area contributed by atoms with Gasteiger partial charge in [-0.25, -0.2) is 4.98 Å². The second-order valence-electron chi connectivity index (χ2n) is 6.38. The van der Waals surface area contributed by atoms with E-state index in [1.807, 2.05) is 0 Å². The minimum atomic E-state index is -0.583. The maximum Gasteiger partial charge on any atom is 0.288 e. The highest BCUT2D eigenvalue weighted by Crippen LogP contribution is 2.22. The predicted octanol–water partition coefficient (Wildman–Crippen LogP) is 1.91. The van der Waals surface area contributed by atoms with Crippen LogP contribution >= 0.6 is 0 Å². The summed E-state index contributed by atoms with van der Waals surface area (Å²) in [5.74, 6) is -0.334. The SMILES string of the molecule is CN(CCN(C)C1CCCCC1)C(=O)c1cc([N+](=O)[O-])cnc1N. The van der Waals surface area contributed by atoms with Crippen molar-refractivity contribution in [2.75, 3.05) is 32.9 Å². The number of carbonyl (C=O) groups excluding carboxylic acids is 1. The Hall–Kier alpha value is -2.22. The van der Waals surface area contributed by atoms with Gasteiger partial charge in [-0.3, -0.25) is 14.9 Å². The van der Waals surface area contributed by atoms with Gasteiger partial charge in [-0.1, -0.05) is 19.3 Å². The molecule has 2 N–H and O–H groups in total. The van der Waals surface area contributed by atoms with Crippen molar-refractivity contribution in [3.8, 4) is 0 Å². The zero-order valence-corrected chi connectivity index (χ0v) is 14.3. The van der Waals surface area contributed by atoms with Crippen LogP contribution < -0.4 is 5.73 Å². The smallest absolute Gasteiger partial charge is 0.288 e. The number of hydrogen-bond acceptors (Lipinski definition) is 6. The average Bonchev–Trinajstić information content (AvgIpc) is 2.59. The van der Waals surface area contributed by atoms with E-state index in [2.05, 4.69) is 16.9 Å². The third-order valence-corrected chi connectivity index (χ3v) is 4.68. The maximum absolute atomic E-state index is 12.5. The predicted molar refractivity (Wildman–Crippen MR) is 91.8 cm³/mol. The van der Waals surface area contributed by atoms with Crippen LogP contribution in [0.5, 0.6) is 0 Å². The zero-order valence-electron chi connectivity index (χ0n) is 14.3. The lowest BCUT2D eigenvalue weighted by atomic mass is 9.94. The van der Waals surface area contributed by atoms with Gasteiger partial charge in [-0.2, -0.15) is 0 Å². The molecule has 0 bridgehead atoms. The van der Waals surface area contributed by atoms with Gasteiger partial charge in [0.2, 0.25) is 0 Å². The minimum absolute atomic E-state index is 0.0121. The molecule has 0 unspecified atom stereocenters. The van der Waals surface area contributed by atoms with Crippen molar-refractivity contribution in [2.45, 2.75) is 38.1 Å². The number of nitrogen functional groups attached to an aromatic ring is 1. The summed E-state index contributed by atoms with van der Waals surface area (Å²) in [4.78, 5) is 30.3. The molecule has 8 nitrogen and oxygen atoms in total. The number of nitro groups is 1. The van der Waals surface area contributed by atoms with E-state index in [4.69, 9.17) is 5.73 Å². The first-order chi connectivity index (χ1) is 11.4. The Bertz CT molecular complexity index is 601. The molecule has 1 heterocycles. The Morgan fingerprint density at radius 2 is 2.00 bits per heavy atom. The largest absolute Gasteiger partial charge is 0.383 e. The van der Waals surface area contributed by atoms with Gasteiger partial charge in [0.1, 0.15) is 12.0 Å². The summed E-state index contributed by atoms with van der Waals surface area (Å²) >= 11 is 0. The van der Waals surface area contributed by atoms with Crippen LogP contribution in [-0.2, 0) is 0 Å².